The quantitative estimate of drug-likeness (QED) is 0.169. The van der Waals surface area contributed by atoms with Gasteiger partial charge in [-0.1, -0.05) is 5.16 Å². The molecule has 0 aromatic carbocycles. The number of hydrogen-bond donors (Lipinski definition) is 3. The molecule has 0 aromatic heterocycles. The summed E-state index contributed by atoms with van der Waals surface area (Å²) in [4.78, 5) is 11.3. The van der Waals surface area contributed by atoms with Crippen molar-refractivity contribution in [2.24, 2.45) is 10.9 Å². The second-order valence-corrected chi connectivity index (χ2v) is 3.31. The highest BCUT2D eigenvalue weighted by Crippen LogP contribution is 1.90. The summed E-state index contributed by atoms with van der Waals surface area (Å²) in [6.07, 6.45) is 0.292. The lowest BCUT2D eigenvalue weighted by molar-refractivity contribution is -0.126. The number of carbonyl (C=O) groups excluding carboxylic acids is 1. The van der Waals surface area contributed by atoms with Crippen molar-refractivity contribution in [3.8, 4) is 0 Å². The minimum Gasteiger partial charge on any atom is -0.409 e. The molecule has 1 amide bonds. The Morgan fingerprint density at radius 2 is 2.25 bits per heavy atom. The fraction of sp³-hybridized carbons (Fsp3) is 0.778. The number of nitrogens with two attached hydrogens (primary N) is 1. The second-order valence-electron chi connectivity index (χ2n) is 3.31. The van der Waals surface area contributed by atoms with E-state index in [9.17, 15) is 4.79 Å². The Morgan fingerprint density at radius 1 is 1.56 bits per heavy atom. The Bertz CT molecular complexity index is 233. The minimum atomic E-state index is -0.241. The van der Waals surface area contributed by atoms with Crippen molar-refractivity contribution in [1.82, 2.24) is 5.32 Å². The first kappa shape index (κ1) is 14.7. The van der Waals surface area contributed by atoms with Gasteiger partial charge >= 0.3 is 0 Å². The number of nitrogens with one attached hydrogen (secondary N) is 1. The third-order valence-corrected chi connectivity index (χ3v) is 1.72. The Balaban J connectivity index is 3.62. The lowest BCUT2D eigenvalue weighted by Crippen LogP contribution is -2.38. The van der Waals surface area contributed by atoms with Crippen molar-refractivity contribution in [1.29, 1.82) is 0 Å². The molecule has 1 unspecified atom stereocenters. The molecule has 0 fully saturated rings. The fourth-order valence-corrected chi connectivity index (χ4v) is 1.03. The van der Waals surface area contributed by atoms with E-state index in [4.69, 9.17) is 20.4 Å². The van der Waals surface area contributed by atoms with Gasteiger partial charge in [0, 0.05) is 19.6 Å². The molecule has 0 aromatic rings. The van der Waals surface area contributed by atoms with E-state index < -0.39 is 0 Å². The van der Waals surface area contributed by atoms with Crippen molar-refractivity contribution in [3.63, 3.8) is 0 Å². The maximum atomic E-state index is 11.3. The zero-order valence-corrected chi connectivity index (χ0v) is 9.60. The number of amides is 1. The number of rotatable bonds is 8. The topological polar surface area (TPSA) is 106 Å². The van der Waals surface area contributed by atoms with Gasteiger partial charge in [0.05, 0.1) is 13.2 Å². The van der Waals surface area contributed by atoms with Crippen LogP contribution in [0.5, 0.6) is 0 Å². The van der Waals surface area contributed by atoms with Gasteiger partial charge in [0.25, 0.3) is 0 Å². The van der Waals surface area contributed by atoms with E-state index in [0.717, 1.165) is 0 Å². The number of hydrogen-bond acceptors (Lipinski definition) is 5. The van der Waals surface area contributed by atoms with E-state index >= 15 is 0 Å². The average Bonchev–Trinajstić information content (AvgIpc) is 2.24. The minimum absolute atomic E-state index is 0.0239. The smallest absolute Gasteiger partial charge is 0.246 e. The number of carbonyl (C=O) groups is 1. The molecule has 7 heteroatoms. The zero-order chi connectivity index (χ0) is 12.4. The van der Waals surface area contributed by atoms with Gasteiger partial charge in [-0.2, -0.15) is 0 Å². The van der Waals surface area contributed by atoms with Gasteiger partial charge in [0.2, 0.25) is 5.91 Å². The van der Waals surface area contributed by atoms with Crippen LogP contribution in [0.4, 0.5) is 0 Å². The van der Waals surface area contributed by atoms with Gasteiger partial charge in [-0.3, -0.25) is 4.79 Å². The van der Waals surface area contributed by atoms with E-state index in [0.29, 0.717) is 19.6 Å². The molecule has 0 saturated heterocycles. The predicted octanol–water partition coefficient (Wildman–Crippen LogP) is -0.709. The van der Waals surface area contributed by atoms with Crippen LogP contribution in [0.3, 0.4) is 0 Å². The van der Waals surface area contributed by atoms with E-state index in [1.54, 1.807) is 14.0 Å². The van der Waals surface area contributed by atoms with Gasteiger partial charge in [-0.15, -0.1) is 0 Å². The van der Waals surface area contributed by atoms with Crippen molar-refractivity contribution in [2.75, 3.05) is 26.9 Å². The normalized spacial score (nSPS) is 13.5. The summed E-state index contributed by atoms with van der Waals surface area (Å²) in [6, 6.07) is -0.200. The molecule has 4 N–H and O–H groups in total. The Morgan fingerprint density at radius 3 is 2.81 bits per heavy atom. The van der Waals surface area contributed by atoms with Gasteiger partial charge < -0.3 is 25.7 Å². The summed E-state index contributed by atoms with van der Waals surface area (Å²) in [5.41, 5.74) is 5.29. The van der Waals surface area contributed by atoms with Crippen LogP contribution in [0.25, 0.3) is 0 Å². The van der Waals surface area contributed by atoms with Gasteiger partial charge in [-0.25, -0.2) is 0 Å². The SMILES string of the molecule is COCCOCC(=O)NC(C)CC(N)=NO. The summed E-state index contributed by atoms with van der Waals surface area (Å²) in [5.74, 6) is -0.164. The molecule has 1 atom stereocenters. The van der Waals surface area contributed by atoms with Crippen LogP contribution in [0.1, 0.15) is 13.3 Å². The Kier molecular flexibility index (Phi) is 8.18. The highest BCUT2D eigenvalue weighted by Gasteiger charge is 2.09. The summed E-state index contributed by atoms with van der Waals surface area (Å²) in [5, 5.41) is 13.8. The van der Waals surface area contributed by atoms with E-state index in [1.165, 1.54) is 0 Å². The number of ether oxygens (including phenoxy) is 2. The van der Waals surface area contributed by atoms with Crippen LogP contribution in [0.2, 0.25) is 0 Å². The molecule has 0 spiro atoms. The van der Waals surface area contributed by atoms with E-state index in [2.05, 4.69) is 10.5 Å². The molecule has 0 radical (unpaired) electrons. The standard InChI is InChI=1S/C9H19N3O4/c1-7(5-8(10)12-14)11-9(13)6-16-4-3-15-2/h7,14H,3-6H2,1-2H3,(H2,10,12)(H,11,13). The molecule has 0 bridgehead atoms. The van der Waals surface area contributed by atoms with Gasteiger partial charge in [0.1, 0.15) is 12.4 Å². The largest absolute Gasteiger partial charge is 0.409 e. The van der Waals surface area contributed by atoms with Gasteiger partial charge in [0.15, 0.2) is 0 Å². The van der Waals surface area contributed by atoms with Crippen molar-refractivity contribution in [2.45, 2.75) is 19.4 Å². The third kappa shape index (κ3) is 8.01. The maximum absolute atomic E-state index is 11.3. The number of amidine groups is 1. The molecule has 0 aliphatic rings. The van der Waals surface area contributed by atoms with Crippen molar-refractivity contribution in [3.05, 3.63) is 0 Å². The van der Waals surface area contributed by atoms with E-state index in [1.807, 2.05) is 0 Å². The van der Waals surface area contributed by atoms with E-state index in [-0.39, 0.29) is 24.4 Å². The molecule has 0 aliphatic carbocycles. The molecular formula is C9H19N3O4. The van der Waals surface area contributed by atoms with Crippen LogP contribution in [-0.2, 0) is 14.3 Å². The molecule has 0 aliphatic heterocycles. The summed E-state index contributed by atoms with van der Waals surface area (Å²) in [7, 11) is 1.56. The predicted molar refractivity (Wildman–Crippen MR) is 58.3 cm³/mol. The highest BCUT2D eigenvalue weighted by atomic mass is 16.5. The van der Waals surface area contributed by atoms with Crippen LogP contribution in [-0.4, -0.2) is 49.9 Å². The van der Waals surface area contributed by atoms with Crippen LogP contribution in [0, 0.1) is 0 Å². The van der Waals surface area contributed by atoms with Crippen molar-refractivity contribution >= 4 is 11.7 Å². The zero-order valence-electron chi connectivity index (χ0n) is 9.60. The first-order chi connectivity index (χ1) is 7.60. The molecule has 94 valence electrons. The third-order valence-electron chi connectivity index (χ3n) is 1.72. The fourth-order valence-electron chi connectivity index (χ4n) is 1.03. The van der Waals surface area contributed by atoms with Crippen LogP contribution in [0.15, 0.2) is 5.16 Å². The number of oxime groups is 1. The Hall–Kier alpha value is -1.34. The highest BCUT2D eigenvalue weighted by molar-refractivity contribution is 5.82. The summed E-state index contributed by atoms with van der Waals surface area (Å²) < 4.78 is 9.78. The molecule has 0 rings (SSSR count). The molecule has 0 saturated carbocycles. The lowest BCUT2D eigenvalue weighted by atomic mass is 10.2. The van der Waals surface area contributed by atoms with Crippen molar-refractivity contribution < 1.29 is 19.5 Å². The molecular weight excluding hydrogens is 214 g/mol. The monoisotopic (exact) mass is 233 g/mol. The first-order valence-electron chi connectivity index (χ1n) is 4.92. The molecule has 0 heterocycles. The summed E-state index contributed by atoms with van der Waals surface area (Å²) >= 11 is 0. The Labute approximate surface area is 94.6 Å². The molecule has 16 heavy (non-hydrogen) atoms. The number of nitrogens with zero attached hydrogens (tertiary/aromatic N) is 1. The lowest BCUT2D eigenvalue weighted by Gasteiger charge is -2.12. The van der Waals surface area contributed by atoms with Crippen LogP contribution >= 0.6 is 0 Å². The second kappa shape index (κ2) is 8.93. The molecule has 7 nitrogen and oxygen atoms in total. The number of methoxy groups -OCH3 is 1. The first-order valence-corrected chi connectivity index (χ1v) is 4.92. The maximum Gasteiger partial charge on any atom is 0.246 e. The van der Waals surface area contributed by atoms with Crippen LogP contribution < -0.4 is 11.1 Å². The van der Waals surface area contributed by atoms with Gasteiger partial charge in [-0.05, 0) is 6.92 Å². The average molecular weight is 233 g/mol. The summed E-state index contributed by atoms with van der Waals surface area (Å²) in [6.45, 7) is 2.56.